The van der Waals surface area contributed by atoms with Crippen LogP contribution in [0.4, 0.5) is 0 Å². The Morgan fingerprint density at radius 1 is 0.889 bits per heavy atom. The molecule has 92 valence electrons. The maximum atomic E-state index is 12.0. The van der Waals surface area contributed by atoms with Crippen LogP contribution in [0, 0.1) is 0 Å². The zero-order chi connectivity index (χ0) is 13.0. The Kier molecular flexibility index (Phi) is 3.93. The Morgan fingerprint density at radius 2 is 1.50 bits per heavy atom. The highest BCUT2D eigenvalue weighted by atomic mass is 16.1. The van der Waals surface area contributed by atoms with Gasteiger partial charge in [-0.3, -0.25) is 4.79 Å². The summed E-state index contributed by atoms with van der Waals surface area (Å²) < 4.78 is 0. The van der Waals surface area contributed by atoms with Gasteiger partial charge in [0.05, 0.1) is 0 Å². The Labute approximate surface area is 108 Å². The molecule has 0 aromatic heterocycles. The van der Waals surface area contributed by atoms with Crippen molar-refractivity contribution in [2.75, 3.05) is 0 Å². The molecule has 0 amide bonds. The third-order valence-corrected chi connectivity index (χ3v) is 3.24. The predicted molar refractivity (Wildman–Crippen MR) is 75.9 cm³/mol. The first-order valence-electron chi connectivity index (χ1n) is 6.48. The molecule has 0 aliphatic heterocycles. The molecule has 0 unspecified atom stereocenters. The van der Waals surface area contributed by atoms with E-state index in [9.17, 15) is 4.79 Å². The molecule has 0 saturated carbocycles. The number of carbonyl (C=O) groups is 1. The number of rotatable bonds is 4. The molecular weight excluding hydrogens is 220 g/mol. The van der Waals surface area contributed by atoms with Gasteiger partial charge in [-0.05, 0) is 23.1 Å². The largest absolute Gasteiger partial charge is 0.294 e. The van der Waals surface area contributed by atoms with Gasteiger partial charge in [-0.2, -0.15) is 0 Å². The molecule has 0 spiro atoms. The number of hydrogen-bond donors (Lipinski definition) is 0. The van der Waals surface area contributed by atoms with Gasteiger partial charge in [-0.25, -0.2) is 0 Å². The first-order chi connectivity index (χ1) is 8.77. The highest BCUT2D eigenvalue weighted by molar-refractivity contribution is 6.02. The molecule has 0 aliphatic rings. The summed E-state index contributed by atoms with van der Waals surface area (Å²) in [4.78, 5) is 12.0. The molecular formula is C17H18O. The van der Waals surface area contributed by atoms with Crippen LogP contribution in [0.1, 0.15) is 36.2 Å². The third kappa shape index (κ3) is 2.35. The fraction of sp³-hybridized carbons (Fsp3) is 0.235. The number of aryl methyl sites for hydroxylation is 1. The Bertz CT molecular complexity index is 555. The van der Waals surface area contributed by atoms with Crippen molar-refractivity contribution in [1.82, 2.24) is 0 Å². The van der Waals surface area contributed by atoms with Crippen molar-refractivity contribution >= 4 is 5.78 Å². The summed E-state index contributed by atoms with van der Waals surface area (Å²) in [6.07, 6.45) is 1.52. The van der Waals surface area contributed by atoms with Crippen LogP contribution in [-0.2, 0) is 6.42 Å². The van der Waals surface area contributed by atoms with E-state index in [1.807, 2.05) is 43.3 Å². The number of hydrogen-bond acceptors (Lipinski definition) is 1. The molecule has 0 fully saturated rings. The summed E-state index contributed by atoms with van der Waals surface area (Å²) in [6, 6.07) is 16.2. The standard InChI is InChI=1S/C17H18O/c1-3-13-9-5-6-10-14(13)15-11-7-8-12-16(15)17(18)4-2/h5-12H,3-4H2,1-2H3. The number of ketones is 1. The maximum Gasteiger partial charge on any atom is 0.163 e. The van der Waals surface area contributed by atoms with E-state index in [4.69, 9.17) is 0 Å². The molecule has 0 bridgehead atoms. The van der Waals surface area contributed by atoms with Gasteiger partial charge in [0.25, 0.3) is 0 Å². The number of carbonyl (C=O) groups excluding carboxylic acids is 1. The zero-order valence-corrected chi connectivity index (χ0v) is 10.9. The lowest BCUT2D eigenvalue weighted by Crippen LogP contribution is -2.00. The average Bonchev–Trinajstić information content (AvgIpc) is 2.46. The molecule has 0 radical (unpaired) electrons. The van der Waals surface area contributed by atoms with Crippen molar-refractivity contribution in [3.8, 4) is 11.1 Å². The lowest BCUT2D eigenvalue weighted by atomic mass is 9.92. The van der Waals surface area contributed by atoms with E-state index in [1.54, 1.807) is 0 Å². The van der Waals surface area contributed by atoms with E-state index in [0.717, 1.165) is 17.5 Å². The lowest BCUT2D eigenvalue weighted by molar-refractivity contribution is 0.0989. The number of benzene rings is 2. The van der Waals surface area contributed by atoms with Crippen molar-refractivity contribution in [3.63, 3.8) is 0 Å². The number of Topliss-reactive ketones (excluding diaryl/α,β-unsaturated/α-hetero) is 1. The van der Waals surface area contributed by atoms with Crippen molar-refractivity contribution in [3.05, 3.63) is 59.7 Å². The minimum absolute atomic E-state index is 0.205. The molecule has 0 atom stereocenters. The molecule has 2 rings (SSSR count). The van der Waals surface area contributed by atoms with Gasteiger partial charge in [-0.15, -0.1) is 0 Å². The van der Waals surface area contributed by atoms with Crippen molar-refractivity contribution in [1.29, 1.82) is 0 Å². The molecule has 0 aliphatic carbocycles. The first kappa shape index (κ1) is 12.6. The summed E-state index contributed by atoms with van der Waals surface area (Å²) in [5, 5.41) is 0. The summed E-state index contributed by atoms with van der Waals surface area (Å²) in [5.41, 5.74) is 4.36. The maximum absolute atomic E-state index is 12.0. The zero-order valence-electron chi connectivity index (χ0n) is 10.9. The molecule has 0 heterocycles. The third-order valence-electron chi connectivity index (χ3n) is 3.24. The summed E-state index contributed by atoms with van der Waals surface area (Å²) in [5.74, 6) is 0.205. The SMILES string of the molecule is CCC(=O)c1ccccc1-c1ccccc1CC. The highest BCUT2D eigenvalue weighted by Crippen LogP contribution is 2.28. The lowest BCUT2D eigenvalue weighted by Gasteiger charge is -2.11. The van der Waals surface area contributed by atoms with Crippen LogP contribution in [0.15, 0.2) is 48.5 Å². The van der Waals surface area contributed by atoms with Crippen molar-refractivity contribution in [2.45, 2.75) is 26.7 Å². The fourth-order valence-corrected chi connectivity index (χ4v) is 2.24. The Hall–Kier alpha value is -1.89. The topological polar surface area (TPSA) is 17.1 Å². The van der Waals surface area contributed by atoms with Gasteiger partial charge in [0.2, 0.25) is 0 Å². The normalized spacial score (nSPS) is 10.3. The van der Waals surface area contributed by atoms with Gasteiger partial charge in [0.1, 0.15) is 0 Å². The molecule has 1 heteroatoms. The summed E-state index contributed by atoms with van der Waals surface area (Å²) >= 11 is 0. The molecule has 2 aromatic rings. The fourth-order valence-electron chi connectivity index (χ4n) is 2.24. The molecule has 18 heavy (non-hydrogen) atoms. The van der Waals surface area contributed by atoms with Crippen molar-refractivity contribution < 1.29 is 4.79 Å². The van der Waals surface area contributed by atoms with Crippen LogP contribution in [0.5, 0.6) is 0 Å². The highest BCUT2D eigenvalue weighted by Gasteiger charge is 2.12. The predicted octanol–water partition coefficient (Wildman–Crippen LogP) is 4.51. The van der Waals surface area contributed by atoms with E-state index in [-0.39, 0.29) is 5.78 Å². The van der Waals surface area contributed by atoms with Gasteiger partial charge >= 0.3 is 0 Å². The second-order valence-corrected chi connectivity index (χ2v) is 4.33. The molecule has 0 N–H and O–H groups in total. The second kappa shape index (κ2) is 5.63. The quantitative estimate of drug-likeness (QED) is 0.716. The molecule has 0 saturated heterocycles. The van der Waals surface area contributed by atoms with Crippen LogP contribution >= 0.6 is 0 Å². The first-order valence-corrected chi connectivity index (χ1v) is 6.48. The Balaban J connectivity index is 2.60. The monoisotopic (exact) mass is 238 g/mol. The van der Waals surface area contributed by atoms with Gasteiger partial charge in [-0.1, -0.05) is 62.4 Å². The van der Waals surface area contributed by atoms with Crippen LogP contribution in [-0.4, -0.2) is 5.78 Å². The Morgan fingerprint density at radius 3 is 2.17 bits per heavy atom. The van der Waals surface area contributed by atoms with E-state index in [2.05, 4.69) is 19.1 Å². The van der Waals surface area contributed by atoms with E-state index in [0.29, 0.717) is 6.42 Å². The van der Waals surface area contributed by atoms with Crippen molar-refractivity contribution in [2.24, 2.45) is 0 Å². The van der Waals surface area contributed by atoms with Crippen LogP contribution < -0.4 is 0 Å². The summed E-state index contributed by atoms with van der Waals surface area (Å²) in [6.45, 7) is 4.05. The second-order valence-electron chi connectivity index (χ2n) is 4.33. The van der Waals surface area contributed by atoms with Gasteiger partial charge in [0.15, 0.2) is 5.78 Å². The van der Waals surface area contributed by atoms with E-state index >= 15 is 0 Å². The van der Waals surface area contributed by atoms with Gasteiger partial charge < -0.3 is 0 Å². The smallest absolute Gasteiger partial charge is 0.163 e. The van der Waals surface area contributed by atoms with Gasteiger partial charge in [0, 0.05) is 12.0 Å². The molecule has 2 aromatic carbocycles. The average molecular weight is 238 g/mol. The van der Waals surface area contributed by atoms with E-state index in [1.165, 1.54) is 11.1 Å². The minimum atomic E-state index is 0.205. The van der Waals surface area contributed by atoms with E-state index < -0.39 is 0 Å². The summed E-state index contributed by atoms with van der Waals surface area (Å²) in [7, 11) is 0. The molecule has 1 nitrogen and oxygen atoms in total. The minimum Gasteiger partial charge on any atom is -0.294 e. The van der Waals surface area contributed by atoms with Crippen LogP contribution in [0.2, 0.25) is 0 Å². The van der Waals surface area contributed by atoms with Crippen LogP contribution in [0.3, 0.4) is 0 Å². The van der Waals surface area contributed by atoms with Crippen LogP contribution in [0.25, 0.3) is 11.1 Å².